The third-order valence-electron chi connectivity index (χ3n) is 7.17. The van der Waals surface area contributed by atoms with Crippen LogP contribution in [0.15, 0.2) is 29.3 Å². The maximum atomic E-state index is 11.6. The quantitative estimate of drug-likeness (QED) is 0.301. The summed E-state index contributed by atoms with van der Waals surface area (Å²) in [7, 11) is 0. The number of halogens is 1. The van der Waals surface area contributed by atoms with Gasteiger partial charge in [0.15, 0.2) is 5.96 Å². The summed E-state index contributed by atoms with van der Waals surface area (Å²) in [4.78, 5) is 24.0. The van der Waals surface area contributed by atoms with E-state index in [-0.39, 0.29) is 35.8 Å². The molecule has 0 aromatic heterocycles. The number of nitrogens with two attached hydrogens (primary N) is 1. The third kappa shape index (κ3) is 7.29. The van der Waals surface area contributed by atoms with E-state index in [1.165, 1.54) is 43.5 Å². The van der Waals surface area contributed by atoms with Crippen LogP contribution < -0.4 is 11.1 Å². The van der Waals surface area contributed by atoms with E-state index < -0.39 is 0 Å². The number of nitrogens with zero attached hydrogens (tertiary/aromatic N) is 4. The Labute approximate surface area is 216 Å². The fraction of sp³-hybridized carbons (Fsp3) is 0.680. The largest absolute Gasteiger partial charge is 0.369 e. The average Bonchev–Trinajstić information content (AvgIpc) is 3.49. The lowest BCUT2D eigenvalue weighted by Gasteiger charge is -2.31. The van der Waals surface area contributed by atoms with Gasteiger partial charge in [-0.05, 0) is 69.8 Å². The molecule has 3 fully saturated rings. The Hall–Kier alpha value is -1.39. The summed E-state index contributed by atoms with van der Waals surface area (Å²) in [6.07, 6.45) is 5.89. The smallest absolute Gasteiger partial charge is 0.221 e. The molecule has 2 atom stereocenters. The van der Waals surface area contributed by atoms with Crippen molar-refractivity contribution in [3.63, 3.8) is 0 Å². The molecular formula is C25H41IN6O. The molecule has 3 aliphatic heterocycles. The lowest BCUT2D eigenvalue weighted by atomic mass is 9.97. The Balaban J connectivity index is 0.00000306. The van der Waals surface area contributed by atoms with Gasteiger partial charge in [0.05, 0.1) is 12.5 Å². The van der Waals surface area contributed by atoms with E-state index >= 15 is 0 Å². The molecule has 0 bridgehead atoms. The second-order valence-electron chi connectivity index (χ2n) is 9.60. The number of likely N-dealkylation sites (tertiary alicyclic amines) is 3. The molecule has 0 spiro atoms. The van der Waals surface area contributed by atoms with Gasteiger partial charge >= 0.3 is 0 Å². The Morgan fingerprint density at radius 1 is 1.09 bits per heavy atom. The number of rotatable bonds is 7. The number of guanidine groups is 1. The zero-order chi connectivity index (χ0) is 22.3. The van der Waals surface area contributed by atoms with Gasteiger partial charge in [-0.3, -0.25) is 14.6 Å². The van der Waals surface area contributed by atoms with Crippen LogP contribution in [-0.4, -0.2) is 78.4 Å². The van der Waals surface area contributed by atoms with Crippen LogP contribution in [-0.2, 0) is 17.9 Å². The van der Waals surface area contributed by atoms with Crippen LogP contribution in [0.2, 0.25) is 0 Å². The van der Waals surface area contributed by atoms with Crippen LogP contribution in [0.5, 0.6) is 0 Å². The van der Waals surface area contributed by atoms with Crippen molar-refractivity contribution >= 4 is 35.8 Å². The van der Waals surface area contributed by atoms with Crippen molar-refractivity contribution in [2.75, 3.05) is 45.8 Å². The summed E-state index contributed by atoms with van der Waals surface area (Å²) >= 11 is 0. The van der Waals surface area contributed by atoms with E-state index in [0.29, 0.717) is 12.6 Å². The summed E-state index contributed by atoms with van der Waals surface area (Å²) in [5, 5.41) is 3.51. The molecule has 8 heteroatoms. The first-order valence-corrected chi connectivity index (χ1v) is 12.5. The van der Waals surface area contributed by atoms with Crippen LogP contribution in [0.1, 0.15) is 50.2 Å². The predicted molar refractivity (Wildman–Crippen MR) is 145 cm³/mol. The number of hydrogen-bond acceptors (Lipinski definition) is 4. The maximum absolute atomic E-state index is 11.6. The molecule has 3 N–H and O–H groups in total. The molecule has 4 rings (SSSR count). The molecule has 184 valence electrons. The van der Waals surface area contributed by atoms with E-state index in [1.54, 1.807) is 0 Å². The summed E-state index contributed by atoms with van der Waals surface area (Å²) in [6.45, 7) is 11.1. The summed E-state index contributed by atoms with van der Waals surface area (Å²) in [6, 6.07) is 9.40. The van der Waals surface area contributed by atoms with Crippen molar-refractivity contribution in [3.8, 4) is 0 Å². The third-order valence-corrected chi connectivity index (χ3v) is 7.17. The number of carbonyl (C=O) groups is 1. The standard InChI is InChI=1S/C25H40N6O.HI/c1-2-27-25(31-14-10-23(19-31)30-12-3-4-13-30)28-16-20-7-5-8-21(15-20)17-29-11-6-9-22(18-29)24(26)32;/h5,7-8,15,22-23H,2-4,6,9-14,16-19H2,1H3,(H2,26,32)(H,27,28);1H. The number of nitrogens with one attached hydrogen (secondary N) is 1. The van der Waals surface area contributed by atoms with Gasteiger partial charge in [0.2, 0.25) is 5.91 Å². The second-order valence-corrected chi connectivity index (χ2v) is 9.60. The van der Waals surface area contributed by atoms with Crippen molar-refractivity contribution in [3.05, 3.63) is 35.4 Å². The first-order valence-electron chi connectivity index (χ1n) is 12.5. The highest BCUT2D eigenvalue weighted by molar-refractivity contribution is 14.0. The molecule has 0 saturated carbocycles. The van der Waals surface area contributed by atoms with Crippen LogP contribution in [0, 0.1) is 5.92 Å². The molecule has 1 aromatic rings. The molecule has 3 aliphatic rings. The van der Waals surface area contributed by atoms with Crippen molar-refractivity contribution in [1.82, 2.24) is 20.0 Å². The normalized spacial score (nSPS) is 24.6. The second kappa shape index (κ2) is 12.9. The van der Waals surface area contributed by atoms with Gasteiger partial charge in [-0.25, -0.2) is 4.99 Å². The topological polar surface area (TPSA) is 77.2 Å². The molecule has 33 heavy (non-hydrogen) atoms. The number of piperidine rings is 1. The molecule has 1 amide bonds. The zero-order valence-corrected chi connectivity index (χ0v) is 22.4. The summed E-state index contributed by atoms with van der Waals surface area (Å²) in [5.41, 5.74) is 8.06. The van der Waals surface area contributed by atoms with Crippen molar-refractivity contribution < 1.29 is 4.79 Å². The maximum Gasteiger partial charge on any atom is 0.221 e. The summed E-state index contributed by atoms with van der Waals surface area (Å²) < 4.78 is 0. The van der Waals surface area contributed by atoms with E-state index in [2.05, 4.69) is 51.2 Å². The molecule has 7 nitrogen and oxygen atoms in total. The van der Waals surface area contributed by atoms with Crippen LogP contribution >= 0.6 is 24.0 Å². The van der Waals surface area contributed by atoms with Crippen LogP contribution in [0.4, 0.5) is 0 Å². The van der Waals surface area contributed by atoms with Gasteiger partial charge in [-0.1, -0.05) is 24.3 Å². The minimum Gasteiger partial charge on any atom is -0.369 e. The number of benzene rings is 1. The number of primary amides is 1. The Morgan fingerprint density at radius 2 is 1.88 bits per heavy atom. The number of amides is 1. The van der Waals surface area contributed by atoms with Gasteiger partial charge in [0, 0.05) is 38.8 Å². The van der Waals surface area contributed by atoms with E-state index in [9.17, 15) is 4.79 Å². The molecule has 1 aromatic carbocycles. The number of aliphatic imine (C=N–C) groups is 1. The molecule has 0 radical (unpaired) electrons. The Bertz CT molecular complexity index is 797. The predicted octanol–water partition coefficient (Wildman–Crippen LogP) is 2.64. The molecule has 0 aliphatic carbocycles. The highest BCUT2D eigenvalue weighted by Gasteiger charge is 2.30. The first kappa shape index (κ1) is 26.2. The number of hydrogen-bond donors (Lipinski definition) is 2. The molecule has 3 saturated heterocycles. The molecule has 3 heterocycles. The molecule has 2 unspecified atom stereocenters. The minimum absolute atomic E-state index is 0. The SMILES string of the molecule is CCNC(=NCc1cccc(CN2CCCC(C(N)=O)C2)c1)N1CCC(N2CCCC2)C1.I. The lowest BCUT2D eigenvalue weighted by molar-refractivity contribution is -0.123. The fourth-order valence-electron chi connectivity index (χ4n) is 5.45. The minimum atomic E-state index is -0.164. The van der Waals surface area contributed by atoms with Crippen LogP contribution in [0.3, 0.4) is 0 Å². The highest BCUT2D eigenvalue weighted by atomic mass is 127. The fourth-order valence-corrected chi connectivity index (χ4v) is 5.45. The average molecular weight is 569 g/mol. The van der Waals surface area contributed by atoms with Gasteiger partial charge < -0.3 is 16.0 Å². The molecular weight excluding hydrogens is 527 g/mol. The van der Waals surface area contributed by atoms with Gasteiger partial charge in [-0.2, -0.15) is 0 Å². The van der Waals surface area contributed by atoms with E-state index in [4.69, 9.17) is 10.7 Å². The Morgan fingerprint density at radius 3 is 2.64 bits per heavy atom. The lowest BCUT2D eigenvalue weighted by Crippen LogP contribution is -2.42. The first-order chi connectivity index (χ1) is 15.6. The monoisotopic (exact) mass is 568 g/mol. The van der Waals surface area contributed by atoms with Gasteiger partial charge in [-0.15, -0.1) is 24.0 Å². The van der Waals surface area contributed by atoms with Crippen molar-refractivity contribution in [2.24, 2.45) is 16.6 Å². The van der Waals surface area contributed by atoms with Gasteiger partial charge in [0.25, 0.3) is 0 Å². The van der Waals surface area contributed by atoms with E-state index in [1.807, 2.05) is 0 Å². The van der Waals surface area contributed by atoms with E-state index in [0.717, 1.165) is 58.1 Å². The summed E-state index contributed by atoms with van der Waals surface area (Å²) in [5.74, 6) is 0.867. The van der Waals surface area contributed by atoms with Crippen molar-refractivity contribution in [2.45, 2.75) is 58.2 Å². The zero-order valence-electron chi connectivity index (χ0n) is 20.0. The highest BCUT2D eigenvalue weighted by Crippen LogP contribution is 2.21. The van der Waals surface area contributed by atoms with Crippen molar-refractivity contribution in [1.29, 1.82) is 0 Å². The van der Waals surface area contributed by atoms with Gasteiger partial charge in [0.1, 0.15) is 0 Å². The van der Waals surface area contributed by atoms with Crippen LogP contribution in [0.25, 0.3) is 0 Å². The Kier molecular flexibility index (Phi) is 10.2. The number of carbonyl (C=O) groups excluding carboxylic acids is 1.